The zero-order chi connectivity index (χ0) is 10.8. The van der Waals surface area contributed by atoms with Gasteiger partial charge in [-0.2, -0.15) is 0 Å². The zero-order valence-electron chi connectivity index (χ0n) is 9.06. The molecule has 14 heavy (non-hydrogen) atoms. The fraction of sp³-hybridized carbons (Fsp3) is 0.800. The van der Waals surface area contributed by atoms with Crippen LogP contribution in [0.5, 0.6) is 0 Å². The smallest absolute Gasteiger partial charge is 0.0753 e. The van der Waals surface area contributed by atoms with E-state index in [4.69, 9.17) is 24.4 Å². The normalized spacial score (nSPS) is 9.57. The van der Waals surface area contributed by atoms with Crippen LogP contribution in [0.4, 0.5) is 0 Å². The fourth-order valence-corrected chi connectivity index (χ4v) is 1.44. The zero-order valence-corrected chi connectivity index (χ0v) is 10.7. The Labute approximate surface area is 97.8 Å². The van der Waals surface area contributed by atoms with Crippen LogP contribution in [0, 0.1) is 0 Å². The van der Waals surface area contributed by atoms with Gasteiger partial charge in [0.15, 0.2) is 0 Å². The average Bonchev–Trinajstić information content (AvgIpc) is 2.17. The van der Waals surface area contributed by atoms with Crippen molar-refractivity contribution in [3.05, 3.63) is 0 Å². The molecule has 82 valence electrons. The van der Waals surface area contributed by atoms with Crippen LogP contribution >= 0.6 is 24.4 Å². The van der Waals surface area contributed by atoms with E-state index in [0.29, 0.717) is 0 Å². The summed E-state index contributed by atoms with van der Waals surface area (Å²) < 4.78 is 0. The molecule has 0 radical (unpaired) electrons. The van der Waals surface area contributed by atoms with Crippen molar-refractivity contribution in [3.63, 3.8) is 0 Å². The lowest BCUT2D eigenvalue weighted by molar-refractivity contribution is 0.723. The summed E-state index contributed by atoms with van der Waals surface area (Å²) in [6, 6.07) is 0. The van der Waals surface area contributed by atoms with Crippen molar-refractivity contribution in [3.8, 4) is 0 Å². The highest BCUT2D eigenvalue weighted by molar-refractivity contribution is 7.80. The molecule has 0 aromatic rings. The van der Waals surface area contributed by atoms with Gasteiger partial charge in [-0.25, -0.2) is 0 Å². The molecule has 0 aliphatic heterocycles. The quantitative estimate of drug-likeness (QED) is 0.520. The third-order valence-corrected chi connectivity index (χ3v) is 2.63. The largest absolute Gasteiger partial charge is 0.380 e. The van der Waals surface area contributed by atoms with E-state index in [1.54, 1.807) is 0 Å². The number of rotatable bonds is 7. The molecule has 0 aliphatic rings. The molecule has 0 bridgehead atoms. The minimum Gasteiger partial charge on any atom is -0.380 e. The molecule has 0 atom stereocenters. The number of nitrogens with one attached hydrogen (secondary N) is 2. The Morgan fingerprint density at radius 2 is 1.71 bits per heavy atom. The van der Waals surface area contributed by atoms with Crippen LogP contribution in [-0.2, 0) is 0 Å². The molecular weight excluding hydrogens is 212 g/mol. The minimum atomic E-state index is 0.928. The summed E-state index contributed by atoms with van der Waals surface area (Å²) in [5, 5.41) is 6.35. The van der Waals surface area contributed by atoms with E-state index < -0.39 is 0 Å². The molecule has 0 aromatic heterocycles. The van der Waals surface area contributed by atoms with Gasteiger partial charge < -0.3 is 10.6 Å². The second-order valence-corrected chi connectivity index (χ2v) is 4.10. The van der Waals surface area contributed by atoms with E-state index in [9.17, 15) is 0 Å². The molecule has 4 heteroatoms. The van der Waals surface area contributed by atoms with Crippen LogP contribution in [0.1, 0.15) is 39.5 Å². The first-order chi connectivity index (χ1) is 6.70. The highest BCUT2D eigenvalue weighted by Gasteiger charge is 1.95. The predicted molar refractivity (Wildman–Crippen MR) is 71.0 cm³/mol. The third-order valence-electron chi connectivity index (χ3n) is 1.85. The Hall–Kier alpha value is -0.220. The van der Waals surface area contributed by atoms with Crippen molar-refractivity contribution in [2.75, 3.05) is 13.1 Å². The van der Waals surface area contributed by atoms with E-state index in [0.717, 1.165) is 48.7 Å². The van der Waals surface area contributed by atoms with Gasteiger partial charge in [-0.15, -0.1) is 0 Å². The van der Waals surface area contributed by atoms with E-state index in [1.165, 1.54) is 0 Å². The second kappa shape index (κ2) is 9.34. The van der Waals surface area contributed by atoms with Crippen LogP contribution in [-0.4, -0.2) is 23.1 Å². The Bertz CT molecular complexity index is 181. The topological polar surface area (TPSA) is 24.1 Å². The summed E-state index contributed by atoms with van der Waals surface area (Å²) in [4.78, 5) is 1.94. The first-order valence-corrected chi connectivity index (χ1v) is 6.05. The van der Waals surface area contributed by atoms with E-state index >= 15 is 0 Å². The molecular formula is C10H20N2S2. The second-order valence-electron chi connectivity index (χ2n) is 3.11. The van der Waals surface area contributed by atoms with Gasteiger partial charge in [0, 0.05) is 13.1 Å². The maximum atomic E-state index is 5.12. The predicted octanol–water partition coefficient (Wildman–Crippen LogP) is 2.42. The standard InChI is InChI=1S/C10H20N2S2/c1-3-9(13)12-8-6-5-7-10(14)11-4-2/h3-8H2,1-2H3,(H,11,14)(H,12,13). The summed E-state index contributed by atoms with van der Waals surface area (Å²) in [5.74, 6) is 0. The fourth-order valence-electron chi connectivity index (χ4n) is 1.05. The Morgan fingerprint density at radius 3 is 2.29 bits per heavy atom. The number of hydrogen-bond acceptors (Lipinski definition) is 2. The molecule has 0 aliphatic carbocycles. The molecule has 0 spiro atoms. The molecule has 0 saturated carbocycles. The van der Waals surface area contributed by atoms with Crippen LogP contribution in [0.15, 0.2) is 0 Å². The Balaban J connectivity index is 3.21. The van der Waals surface area contributed by atoms with Gasteiger partial charge in [0.25, 0.3) is 0 Å². The molecule has 0 amide bonds. The third kappa shape index (κ3) is 8.38. The van der Waals surface area contributed by atoms with Gasteiger partial charge in [-0.1, -0.05) is 31.4 Å². The summed E-state index contributed by atoms with van der Waals surface area (Å²) in [5.41, 5.74) is 0. The van der Waals surface area contributed by atoms with Crippen LogP contribution in [0.3, 0.4) is 0 Å². The molecule has 0 unspecified atom stereocenters. The summed E-state index contributed by atoms with van der Waals surface area (Å²) in [6.45, 7) is 6.03. The highest BCUT2D eigenvalue weighted by Crippen LogP contribution is 1.95. The van der Waals surface area contributed by atoms with E-state index in [1.807, 2.05) is 0 Å². The van der Waals surface area contributed by atoms with Crippen LogP contribution < -0.4 is 10.6 Å². The van der Waals surface area contributed by atoms with Crippen molar-refractivity contribution in [2.24, 2.45) is 0 Å². The van der Waals surface area contributed by atoms with Crippen molar-refractivity contribution in [2.45, 2.75) is 39.5 Å². The highest BCUT2D eigenvalue weighted by atomic mass is 32.1. The number of thiocarbonyl (C=S) groups is 2. The van der Waals surface area contributed by atoms with Gasteiger partial charge >= 0.3 is 0 Å². The molecule has 2 nitrogen and oxygen atoms in total. The van der Waals surface area contributed by atoms with Gasteiger partial charge in [0.05, 0.1) is 9.98 Å². The lowest BCUT2D eigenvalue weighted by atomic mass is 10.2. The lowest BCUT2D eigenvalue weighted by Crippen LogP contribution is -2.23. The van der Waals surface area contributed by atoms with Crippen molar-refractivity contribution in [1.82, 2.24) is 10.6 Å². The van der Waals surface area contributed by atoms with Crippen molar-refractivity contribution >= 4 is 34.4 Å². The SMILES string of the molecule is CCNC(=S)CCCCNC(=S)CC. The Kier molecular flexibility index (Phi) is 9.19. The Morgan fingerprint density at radius 1 is 1.00 bits per heavy atom. The van der Waals surface area contributed by atoms with E-state index in [-0.39, 0.29) is 0 Å². The lowest BCUT2D eigenvalue weighted by Gasteiger charge is -2.06. The average molecular weight is 232 g/mol. The van der Waals surface area contributed by atoms with Gasteiger partial charge in [0.2, 0.25) is 0 Å². The van der Waals surface area contributed by atoms with Gasteiger partial charge in [-0.05, 0) is 32.6 Å². The molecule has 0 aromatic carbocycles. The molecule has 0 fully saturated rings. The summed E-state index contributed by atoms with van der Waals surface area (Å²) in [7, 11) is 0. The van der Waals surface area contributed by atoms with Crippen molar-refractivity contribution < 1.29 is 0 Å². The molecule has 0 rings (SSSR count). The molecule has 2 N–H and O–H groups in total. The van der Waals surface area contributed by atoms with Gasteiger partial charge in [0.1, 0.15) is 0 Å². The first-order valence-electron chi connectivity index (χ1n) is 5.24. The van der Waals surface area contributed by atoms with Gasteiger partial charge in [-0.3, -0.25) is 0 Å². The molecule has 0 heterocycles. The maximum Gasteiger partial charge on any atom is 0.0753 e. The molecule has 0 saturated heterocycles. The van der Waals surface area contributed by atoms with Crippen LogP contribution in [0.25, 0.3) is 0 Å². The van der Waals surface area contributed by atoms with E-state index in [2.05, 4.69) is 24.5 Å². The minimum absolute atomic E-state index is 0.928. The first kappa shape index (κ1) is 13.8. The summed E-state index contributed by atoms with van der Waals surface area (Å²) >= 11 is 10.2. The summed E-state index contributed by atoms with van der Waals surface area (Å²) in [6.07, 6.45) is 4.19. The van der Waals surface area contributed by atoms with Crippen LogP contribution in [0.2, 0.25) is 0 Å². The maximum absolute atomic E-state index is 5.12. The number of unbranched alkanes of at least 4 members (excludes halogenated alkanes) is 1. The van der Waals surface area contributed by atoms with Crippen molar-refractivity contribution in [1.29, 1.82) is 0 Å². The number of hydrogen-bond donors (Lipinski definition) is 2. The monoisotopic (exact) mass is 232 g/mol.